The molecule has 0 saturated carbocycles. The maximum absolute atomic E-state index is 14.8. The van der Waals surface area contributed by atoms with Gasteiger partial charge in [-0.25, -0.2) is 18.7 Å². The molecule has 0 unspecified atom stereocenters. The van der Waals surface area contributed by atoms with Crippen molar-refractivity contribution in [2.75, 3.05) is 18.0 Å². The summed E-state index contributed by atoms with van der Waals surface area (Å²) in [4.78, 5) is 41.6. The lowest BCUT2D eigenvalue weighted by Crippen LogP contribution is -2.38. The first-order valence-electron chi connectivity index (χ1n) is 13.5. The average molecular weight is 569 g/mol. The number of ether oxygens (including phenoxy) is 1. The lowest BCUT2D eigenvalue weighted by molar-refractivity contribution is -0.154. The second-order valence-corrected chi connectivity index (χ2v) is 11.8. The number of piperidine rings is 1. The van der Waals surface area contributed by atoms with Crippen molar-refractivity contribution < 1.29 is 13.9 Å². The van der Waals surface area contributed by atoms with E-state index in [1.807, 2.05) is 18.7 Å². The van der Waals surface area contributed by atoms with Crippen molar-refractivity contribution in [3.05, 3.63) is 51.0 Å². The number of pyridine rings is 2. The SMILES string of the molecule is CC(C)c1nccc(CCC(=O)OC(C)(C)C)c1-n1c(=O)nc(N2CCC[C@@H](CC#N)C2)c2cc(F)c(Cl)nc21. The molecule has 1 aliphatic heterocycles. The maximum atomic E-state index is 14.8. The van der Waals surface area contributed by atoms with Gasteiger partial charge in [-0.3, -0.25) is 9.78 Å². The third-order valence-electron chi connectivity index (χ3n) is 6.78. The number of halogens is 2. The van der Waals surface area contributed by atoms with Crippen molar-refractivity contribution in [2.45, 2.75) is 78.2 Å². The second-order valence-electron chi connectivity index (χ2n) is 11.4. The highest BCUT2D eigenvalue weighted by Gasteiger charge is 2.27. The number of nitrogens with zero attached hydrogens (tertiary/aromatic N) is 6. The predicted octanol–water partition coefficient (Wildman–Crippen LogP) is 5.50. The highest BCUT2D eigenvalue weighted by atomic mass is 35.5. The highest BCUT2D eigenvalue weighted by Crippen LogP contribution is 2.33. The van der Waals surface area contributed by atoms with E-state index in [1.54, 1.807) is 33.0 Å². The van der Waals surface area contributed by atoms with Gasteiger partial charge in [0, 0.05) is 32.1 Å². The minimum absolute atomic E-state index is 0.0842. The Morgan fingerprint density at radius 2 is 2.08 bits per heavy atom. The van der Waals surface area contributed by atoms with Gasteiger partial charge in [-0.05, 0) is 69.6 Å². The Kier molecular flexibility index (Phi) is 8.74. The molecule has 9 nitrogen and oxygen atoms in total. The van der Waals surface area contributed by atoms with Crippen molar-refractivity contribution in [1.82, 2.24) is 19.5 Å². The quantitative estimate of drug-likeness (QED) is 0.271. The topological polar surface area (TPSA) is 114 Å². The van der Waals surface area contributed by atoms with E-state index in [2.05, 4.69) is 21.0 Å². The standard InChI is InChI=1S/C29H34ClFN6O3/c1-17(2)23-24(19(11-13-33-23)8-9-22(38)40-29(3,4)5)37-27-20(15-21(31)25(30)34-27)26(35-28(37)39)36-14-6-7-18(16-36)10-12-32/h11,13,15,17-18H,6-10,14,16H2,1-5H3/t18-/m0/s1. The molecule has 1 atom stereocenters. The zero-order chi connectivity index (χ0) is 29.2. The first-order valence-corrected chi connectivity index (χ1v) is 13.9. The van der Waals surface area contributed by atoms with Crippen LogP contribution in [0.15, 0.2) is 23.1 Å². The number of fused-ring (bicyclic) bond motifs is 1. The summed E-state index contributed by atoms with van der Waals surface area (Å²) in [6.45, 7) is 10.4. The van der Waals surface area contributed by atoms with Gasteiger partial charge < -0.3 is 9.64 Å². The number of rotatable bonds is 7. The summed E-state index contributed by atoms with van der Waals surface area (Å²) < 4.78 is 21.6. The fourth-order valence-electron chi connectivity index (χ4n) is 5.10. The van der Waals surface area contributed by atoms with Crippen LogP contribution in [0.1, 0.15) is 77.5 Å². The molecule has 212 valence electrons. The second kappa shape index (κ2) is 11.9. The van der Waals surface area contributed by atoms with Crippen LogP contribution in [0.2, 0.25) is 5.15 Å². The van der Waals surface area contributed by atoms with E-state index >= 15 is 0 Å². The summed E-state index contributed by atoms with van der Waals surface area (Å²) in [6.07, 6.45) is 4.10. The summed E-state index contributed by atoms with van der Waals surface area (Å²) in [5, 5.41) is 9.16. The number of anilines is 1. The van der Waals surface area contributed by atoms with Gasteiger partial charge in [0.15, 0.2) is 16.6 Å². The van der Waals surface area contributed by atoms with Crippen molar-refractivity contribution in [1.29, 1.82) is 5.26 Å². The first kappa shape index (κ1) is 29.4. The fourth-order valence-corrected chi connectivity index (χ4v) is 5.24. The molecule has 11 heteroatoms. The molecule has 3 aromatic rings. The summed E-state index contributed by atoms with van der Waals surface area (Å²) in [5.74, 6) is -0.760. The summed E-state index contributed by atoms with van der Waals surface area (Å²) in [5.41, 5.74) is 0.641. The van der Waals surface area contributed by atoms with E-state index in [0.717, 1.165) is 12.8 Å². The van der Waals surface area contributed by atoms with Crippen LogP contribution in [0.25, 0.3) is 16.7 Å². The number of carbonyl (C=O) groups excluding carboxylic acids is 1. The van der Waals surface area contributed by atoms with Crippen LogP contribution in [-0.2, 0) is 16.0 Å². The lowest BCUT2D eigenvalue weighted by atomic mass is 9.95. The molecule has 0 aliphatic carbocycles. The van der Waals surface area contributed by atoms with Crippen LogP contribution in [-0.4, -0.2) is 44.2 Å². The lowest BCUT2D eigenvalue weighted by Gasteiger charge is -2.33. The molecule has 0 amide bonds. The normalized spacial score (nSPS) is 15.9. The molecule has 1 aliphatic rings. The smallest absolute Gasteiger partial charge is 0.355 e. The van der Waals surface area contributed by atoms with Crippen molar-refractivity contribution in [2.24, 2.45) is 5.92 Å². The largest absolute Gasteiger partial charge is 0.460 e. The van der Waals surface area contributed by atoms with Gasteiger partial charge in [-0.15, -0.1) is 0 Å². The molecule has 1 saturated heterocycles. The van der Waals surface area contributed by atoms with Gasteiger partial charge in [-0.2, -0.15) is 10.2 Å². The van der Waals surface area contributed by atoms with Crippen LogP contribution >= 0.6 is 11.6 Å². The Balaban J connectivity index is 1.91. The van der Waals surface area contributed by atoms with Crippen LogP contribution < -0.4 is 10.6 Å². The van der Waals surface area contributed by atoms with E-state index in [4.69, 9.17) is 16.3 Å². The van der Waals surface area contributed by atoms with Crippen molar-refractivity contribution >= 4 is 34.4 Å². The third-order valence-corrected chi connectivity index (χ3v) is 7.05. The molecular formula is C29H34ClFN6O3. The summed E-state index contributed by atoms with van der Waals surface area (Å²) >= 11 is 6.16. The Bertz CT molecular complexity index is 1530. The van der Waals surface area contributed by atoms with E-state index in [9.17, 15) is 19.2 Å². The van der Waals surface area contributed by atoms with Gasteiger partial charge in [0.1, 0.15) is 11.4 Å². The maximum Gasteiger partial charge on any atom is 0.355 e. The Morgan fingerprint density at radius 1 is 1.32 bits per heavy atom. The van der Waals surface area contributed by atoms with Crippen LogP contribution in [0.5, 0.6) is 0 Å². The molecule has 0 radical (unpaired) electrons. The van der Waals surface area contributed by atoms with Gasteiger partial charge in [0.25, 0.3) is 0 Å². The number of carbonyl (C=O) groups is 1. The van der Waals surface area contributed by atoms with Crippen LogP contribution in [0, 0.1) is 23.1 Å². The summed E-state index contributed by atoms with van der Waals surface area (Å²) in [6, 6.07) is 5.22. The van der Waals surface area contributed by atoms with Crippen LogP contribution in [0.4, 0.5) is 10.2 Å². The Morgan fingerprint density at radius 3 is 2.75 bits per heavy atom. The van der Waals surface area contributed by atoms with E-state index in [0.29, 0.717) is 47.7 Å². The van der Waals surface area contributed by atoms with Gasteiger partial charge in [-0.1, -0.05) is 25.4 Å². The molecular weight excluding hydrogens is 535 g/mol. The molecule has 1 fully saturated rings. The van der Waals surface area contributed by atoms with Gasteiger partial charge in [0.05, 0.1) is 22.8 Å². The van der Waals surface area contributed by atoms with Crippen molar-refractivity contribution in [3.8, 4) is 11.8 Å². The Hall–Kier alpha value is -3.58. The summed E-state index contributed by atoms with van der Waals surface area (Å²) in [7, 11) is 0. The van der Waals surface area contributed by atoms with E-state index < -0.39 is 17.1 Å². The molecule has 4 heterocycles. The van der Waals surface area contributed by atoms with Gasteiger partial charge >= 0.3 is 11.7 Å². The molecule has 0 aromatic carbocycles. The first-order chi connectivity index (χ1) is 18.9. The number of aromatic nitrogens is 4. The number of esters is 1. The zero-order valence-corrected chi connectivity index (χ0v) is 24.3. The van der Waals surface area contributed by atoms with E-state index in [-0.39, 0.29) is 41.4 Å². The molecule has 40 heavy (non-hydrogen) atoms. The van der Waals surface area contributed by atoms with Crippen molar-refractivity contribution in [3.63, 3.8) is 0 Å². The fraction of sp³-hybridized carbons (Fsp3) is 0.517. The molecule has 0 N–H and O–H groups in total. The minimum atomic E-state index is -0.728. The predicted molar refractivity (Wildman–Crippen MR) is 151 cm³/mol. The van der Waals surface area contributed by atoms with E-state index in [1.165, 1.54) is 10.6 Å². The molecule has 4 rings (SSSR count). The third kappa shape index (κ3) is 6.41. The highest BCUT2D eigenvalue weighted by molar-refractivity contribution is 6.30. The molecule has 3 aromatic heterocycles. The number of hydrogen-bond donors (Lipinski definition) is 0. The Labute approximate surface area is 238 Å². The average Bonchev–Trinajstić information content (AvgIpc) is 2.87. The number of aryl methyl sites for hydroxylation is 1. The van der Waals surface area contributed by atoms with Gasteiger partial charge in [0.2, 0.25) is 0 Å². The molecule has 0 bridgehead atoms. The number of hydrogen-bond acceptors (Lipinski definition) is 8. The number of nitriles is 1. The molecule has 0 spiro atoms. The monoisotopic (exact) mass is 568 g/mol. The minimum Gasteiger partial charge on any atom is -0.460 e. The van der Waals surface area contributed by atoms with Crippen LogP contribution in [0.3, 0.4) is 0 Å². The zero-order valence-electron chi connectivity index (χ0n) is 23.5.